The van der Waals surface area contributed by atoms with Crippen LogP contribution in [0.5, 0.6) is 0 Å². The fourth-order valence-electron chi connectivity index (χ4n) is 1.36. The van der Waals surface area contributed by atoms with Crippen molar-refractivity contribution < 1.29 is 9.53 Å². The van der Waals surface area contributed by atoms with Gasteiger partial charge in [-0.1, -0.05) is 46.0 Å². The first kappa shape index (κ1) is 15.4. The molecule has 3 heteroatoms. The number of unbranched alkanes of at least 4 members (excludes halogenated alkanes) is 5. The Hall–Kier alpha value is -0.570. The summed E-state index contributed by atoms with van der Waals surface area (Å²) in [5, 5.41) is 0. The predicted octanol–water partition coefficient (Wildman–Crippen LogP) is 3.02. The van der Waals surface area contributed by atoms with Crippen LogP contribution < -0.4 is 5.73 Å². The summed E-state index contributed by atoms with van der Waals surface area (Å²) < 4.78 is 5.14. The predicted molar refractivity (Wildman–Crippen MR) is 67.2 cm³/mol. The van der Waals surface area contributed by atoms with Crippen LogP contribution in [0.1, 0.15) is 65.7 Å². The van der Waals surface area contributed by atoms with E-state index < -0.39 is 5.54 Å². The summed E-state index contributed by atoms with van der Waals surface area (Å²) in [6.45, 7) is 6.33. The molecule has 1 unspecified atom stereocenters. The number of carbonyl (C=O) groups excluding carboxylic acids is 1. The van der Waals surface area contributed by atoms with Gasteiger partial charge in [0.25, 0.3) is 0 Å². The lowest BCUT2D eigenvalue weighted by atomic mass is 10.0. The third kappa shape index (κ3) is 6.83. The van der Waals surface area contributed by atoms with Gasteiger partial charge in [0.2, 0.25) is 0 Å². The number of esters is 1. The molecule has 0 aliphatic heterocycles. The summed E-state index contributed by atoms with van der Waals surface area (Å²) in [5.74, 6) is -0.274. The molecule has 0 aromatic carbocycles. The molecule has 0 fully saturated rings. The number of hydrogen-bond donors (Lipinski definition) is 1. The van der Waals surface area contributed by atoms with Crippen molar-refractivity contribution in [2.45, 2.75) is 71.3 Å². The van der Waals surface area contributed by atoms with Gasteiger partial charge in [-0.25, -0.2) is 0 Å². The number of nitrogens with two attached hydrogens (primary N) is 1. The van der Waals surface area contributed by atoms with E-state index in [9.17, 15) is 4.79 Å². The molecule has 0 heterocycles. The Morgan fingerprint density at radius 3 is 2.25 bits per heavy atom. The monoisotopic (exact) mass is 229 g/mol. The molecule has 0 amide bonds. The van der Waals surface area contributed by atoms with Gasteiger partial charge in [0.1, 0.15) is 5.54 Å². The molecule has 0 spiro atoms. The molecule has 0 radical (unpaired) electrons. The molecular weight excluding hydrogens is 202 g/mol. The molecule has 0 aliphatic carbocycles. The highest BCUT2D eigenvalue weighted by Crippen LogP contribution is 2.09. The zero-order valence-corrected chi connectivity index (χ0v) is 11.1. The van der Waals surface area contributed by atoms with Gasteiger partial charge < -0.3 is 10.5 Å². The first-order chi connectivity index (χ1) is 7.54. The molecule has 0 saturated carbocycles. The third-order valence-corrected chi connectivity index (χ3v) is 2.93. The van der Waals surface area contributed by atoms with Crippen LogP contribution in [-0.4, -0.2) is 18.1 Å². The fraction of sp³-hybridized carbons (Fsp3) is 0.923. The van der Waals surface area contributed by atoms with Gasteiger partial charge in [-0.05, 0) is 19.8 Å². The molecule has 96 valence electrons. The molecule has 3 nitrogen and oxygen atoms in total. The minimum Gasteiger partial charge on any atom is -0.464 e. The molecule has 0 aromatic heterocycles. The Bertz CT molecular complexity index is 190. The minimum atomic E-state index is -0.817. The molecule has 0 aromatic rings. The molecule has 0 rings (SSSR count). The fourth-order valence-corrected chi connectivity index (χ4v) is 1.36. The van der Waals surface area contributed by atoms with E-state index in [2.05, 4.69) is 6.92 Å². The van der Waals surface area contributed by atoms with Gasteiger partial charge in [-0.3, -0.25) is 4.79 Å². The van der Waals surface area contributed by atoms with Crippen LogP contribution in [0.3, 0.4) is 0 Å². The van der Waals surface area contributed by atoms with E-state index in [4.69, 9.17) is 10.5 Å². The zero-order valence-electron chi connectivity index (χ0n) is 11.1. The van der Waals surface area contributed by atoms with Gasteiger partial charge in [0, 0.05) is 0 Å². The largest absolute Gasteiger partial charge is 0.464 e. The Morgan fingerprint density at radius 1 is 1.12 bits per heavy atom. The number of hydrogen-bond acceptors (Lipinski definition) is 3. The lowest BCUT2D eigenvalue weighted by Gasteiger charge is -2.20. The smallest absolute Gasteiger partial charge is 0.325 e. The Morgan fingerprint density at radius 2 is 1.69 bits per heavy atom. The van der Waals surface area contributed by atoms with Crippen LogP contribution >= 0.6 is 0 Å². The van der Waals surface area contributed by atoms with E-state index in [1.54, 1.807) is 6.92 Å². The third-order valence-electron chi connectivity index (χ3n) is 2.93. The maximum atomic E-state index is 11.5. The van der Waals surface area contributed by atoms with E-state index in [-0.39, 0.29) is 5.97 Å². The first-order valence-electron chi connectivity index (χ1n) is 6.50. The molecule has 0 saturated heterocycles. The SMILES string of the molecule is CCCCCCCCOC(=O)C(C)(N)CC. The molecule has 1 atom stereocenters. The average Bonchev–Trinajstić information content (AvgIpc) is 2.27. The number of rotatable bonds is 9. The van der Waals surface area contributed by atoms with Crippen molar-refractivity contribution in [1.82, 2.24) is 0 Å². The average molecular weight is 229 g/mol. The molecular formula is C13H27NO2. The van der Waals surface area contributed by atoms with E-state index in [1.165, 1.54) is 25.7 Å². The Labute approximate surface area is 99.7 Å². The van der Waals surface area contributed by atoms with Gasteiger partial charge in [0.15, 0.2) is 0 Å². The molecule has 0 aliphatic rings. The van der Waals surface area contributed by atoms with Crippen molar-refractivity contribution in [1.29, 1.82) is 0 Å². The quantitative estimate of drug-likeness (QED) is 0.488. The van der Waals surface area contributed by atoms with Crippen LogP contribution in [0, 0.1) is 0 Å². The second-order valence-electron chi connectivity index (χ2n) is 4.67. The highest BCUT2D eigenvalue weighted by atomic mass is 16.5. The van der Waals surface area contributed by atoms with Crippen molar-refractivity contribution in [3.8, 4) is 0 Å². The van der Waals surface area contributed by atoms with Crippen molar-refractivity contribution in [3.05, 3.63) is 0 Å². The van der Waals surface area contributed by atoms with E-state index in [0.29, 0.717) is 13.0 Å². The Balaban J connectivity index is 3.42. The van der Waals surface area contributed by atoms with E-state index >= 15 is 0 Å². The van der Waals surface area contributed by atoms with Gasteiger partial charge >= 0.3 is 5.97 Å². The lowest BCUT2D eigenvalue weighted by Crippen LogP contribution is -2.45. The number of ether oxygens (including phenoxy) is 1. The van der Waals surface area contributed by atoms with Crippen molar-refractivity contribution in [2.24, 2.45) is 5.73 Å². The maximum absolute atomic E-state index is 11.5. The second kappa shape index (κ2) is 8.57. The normalized spacial score (nSPS) is 14.5. The summed E-state index contributed by atoms with van der Waals surface area (Å²) in [6, 6.07) is 0. The van der Waals surface area contributed by atoms with E-state index in [1.807, 2.05) is 6.92 Å². The highest BCUT2D eigenvalue weighted by Gasteiger charge is 2.27. The summed E-state index contributed by atoms with van der Waals surface area (Å²) in [7, 11) is 0. The first-order valence-corrected chi connectivity index (χ1v) is 6.50. The summed E-state index contributed by atoms with van der Waals surface area (Å²) in [4.78, 5) is 11.5. The highest BCUT2D eigenvalue weighted by molar-refractivity contribution is 5.79. The lowest BCUT2D eigenvalue weighted by molar-refractivity contribution is -0.149. The summed E-state index contributed by atoms with van der Waals surface area (Å²) in [6.07, 6.45) is 7.79. The molecule has 0 bridgehead atoms. The van der Waals surface area contributed by atoms with Crippen LogP contribution in [0.15, 0.2) is 0 Å². The second-order valence-corrected chi connectivity index (χ2v) is 4.67. The van der Waals surface area contributed by atoms with Crippen LogP contribution in [-0.2, 0) is 9.53 Å². The number of carbonyl (C=O) groups is 1. The summed E-state index contributed by atoms with van der Waals surface area (Å²) in [5.41, 5.74) is 4.95. The van der Waals surface area contributed by atoms with Crippen LogP contribution in [0.2, 0.25) is 0 Å². The summed E-state index contributed by atoms with van der Waals surface area (Å²) >= 11 is 0. The maximum Gasteiger partial charge on any atom is 0.325 e. The van der Waals surface area contributed by atoms with E-state index in [0.717, 1.165) is 12.8 Å². The Kier molecular flexibility index (Phi) is 8.26. The van der Waals surface area contributed by atoms with Crippen LogP contribution in [0.4, 0.5) is 0 Å². The molecule has 16 heavy (non-hydrogen) atoms. The zero-order chi connectivity index (χ0) is 12.4. The topological polar surface area (TPSA) is 52.3 Å². The molecule has 2 N–H and O–H groups in total. The van der Waals surface area contributed by atoms with Gasteiger partial charge in [-0.15, -0.1) is 0 Å². The van der Waals surface area contributed by atoms with Gasteiger partial charge in [0.05, 0.1) is 6.61 Å². The minimum absolute atomic E-state index is 0.274. The van der Waals surface area contributed by atoms with Crippen molar-refractivity contribution >= 4 is 5.97 Å². The van der Waals surface area contributed by atoms with Crippen LogP contribution in [0.25, 0.3) is 0 Å². The van der Waals surface area contributed by atoms with Gasteiger partial charge in [-0.2, -0.15) is 0 Å². The van der Waals surface area contributed by atoms with Crippen molar-refractivity contribution in [2.75, 3.05) is 6.61 Å². The standard InChI is InChI=1S/C13H27NO2/c1-4-6-7-8-9-10-11-16-12(15)13(3,14)5-2/h4-11,14H2,1-3H3. The van der Waals surface area contributed by atoms with Crippen molar-refractivity contribution in [3.63, 3.8) is 0 Å².